The third kappa shape index (κ3) is 4.30. The zero-order valence-electron chi connectivity index (χ0n) is 12.4. The van der Waals surface area contributed by atoms with Gasteiger partial charge in [0.15, 0.2) is 0 Å². The second kappa shape index (κ2) is 7.79. The molecule has 2 N–H and O–H groups in total. The first-order valence-corrected chi connectivity index (χ1v) is 7.40. The van der Waals surface area contributed by atoms with Crippen LogP contribution in [-0.2, 0) is 6.42 Å². The molecule has 0 spiro atoms. The van der Waals surface area contributed by atoms with Crippen LogP contribution < -0.4 is 10.5 Å². The van der Waals surface area contributed by atoms with Gasteiger partial charge in [0, 0.05) is 5.92 Å². The molecule has 0 amide bonds. The van der Waals surface area contributed by atoms with Crippen LogP contribution in [0.5, 0.6) is 5.75 Å². The summed E-state index contributed by atoms with van der Waals surface area (Å²) in [5.41, 5.74) is 7.65. The van der Waals surface area contributed by atoms with Crippen LogP contribution in [0.1, 0.15) is 30.4 Å². The van der Waals surface area contributed by atoms with Gasteiger partial charge < -0.3 is 10.5 Å². The molecule has 3 heteroatoms. The lowest BCUT2D eigenvalue weighted by Gasteiger charge is -2.16. The molecule has 0 saturated heterocycles. The molecular weight excluding hydrogens is 265 g/mol. The zero-order valence-corrected chi connectivity index (χ0v) is 12.4. The first-order chi connectivity index (χ1) is 10.2. The van der Waals surface area contributed by atoms with E-state index in [0.29, 0.717) is 12.1 Å². The molecule has 0 aliphatic rings. The van der Waals surface area contributed by atoms with E-state index in [4.69, 9.17) is 10.5 Å². The highest BCUT2D eigenvalue weighted by Crippen LogP contribution is 2.23. The minimum absolute atomic E-state index is 0.00592. The number of halogens is 1. The van der Waals surface area contributed by atoms with Crippen molar-refractivity contribution in [1.82, 2.24) is 0 Å². The van der Waals surface area contributed by atoms with Crippen molar-refractivity contribution in [3.05, 3.63) is 65.5 Å². The summed E-state index contributed by atoms with van der Waals surface area (Å²) in [7, 11) is 0. The minimum atomic E-state index is -0.184. The molecule has 21 heavy (non-hydrogen) atoms. The molecule has 0 aliphatic carbocycles. The van der Waals surface area contributed by atoms with Crippen LogP contribution in [0.15, 0.2) is 48.5 Å². The Morgan fingerprint density at radius 2 is 1.81 bits per heavy atom. The van der Waals surface area contributed by atoms with Gasteiger partial charge in [-0.25, -0.2) is 4.39 Å². The molecule has 0 heterocycles. The van der Waals surface area contributed by atoms with Crippen LogP contribution in [-0.4, -0.2) is 13.2 Å². The van der Waals surface area contributed by atoms with Crippen molar-refractivity contribution >= 4 is 0 Å². The van der Waals surface area contributed by atoms with Gasteiger partial charge >= 0.3 is 0 Å². The van der Waals surface area contributed by atoms with E-state index in [1.54, 1.807) is 6.07 Å². The Morgan fingerprint density at radius 3 is 2.43 bits per heavy atom. The van der Waals surface area contributed by atoms with E-state index >= 15 is 0 Å². The zero-order chi connectivity index (χ0) is 15.1. The summed E-state index contributed by atoms with van der Waals surface area (Å²) in [6.07, 6.45) is 1.72. The topological polar surface area (TPSA) is 35.2 Å². The molecule has 0 radical (unpaired) electrons. The van der Waals surface area contributed by atoms with E-state index in [9.17, 15) is 4.39 Å². The SMILES string of the molecule is CCCOc1ccc(CC(CN)c2ccccc2F)cc1. The third-order valence-corrected chi connectivity index (χ3v) is 3.51. The molecule has 0 saturated carbocycles. The largest absolute Gasteiger partial charge is 0.494 e. The highest BCUT2D eigenvalue weighted by atomic mass is 19.1. The van der Waals surface area contributed by atoms with E-state index in [2.05, 4.69) is 6.92 Å². The molecule has 112 valence electrons. The summed E-state index contributed by atoms with van der Waals surface area (Å²) in [4.78, 5) is 0. The fourth-order valence-electron chi connectivity index (χ4n) is 2.35. The van der Waals surface area contributed by atoms with Crippen molar-refractivity contribution in [2.45, 2.75) is 25.7 Å². The molecule has 1 atom stereocenters. The van der Waals surface area contributed by atoms with Gasteiger partial charge in [-0.3, -0.25) is 0 Å². The van der Waals surface area contributed by atoms with Gasteiger partial charge in [0.25, 0.3) is 0 Å². The lowest BCUT2D eigenvalue weighted by molar-refractivity contribution is 0.317. The Balaban J connectivity index is 2.07. The monoisotopic (exact) mass is 287 g/mol. The second-order valence-electron chi connectivity index (χ2n) is 5.15. The number of rotatable bonds is 7. The van der Waals surface area contributed by atoms with Gasteiger partial charge in [0.05, 0.1) is 6.61 Å². The Kier molecular flexibility index (Phi) is 5.76. The van der Waals surface area contributed by atoms with Gasteiger partial charge in [-0.05, 0) is 48.7 Å². The van der Waals surface area contributed by atoms with Crippen molar-refractivity contribution in [3.63, 3.8) is 0 Å². The quantitative estimate of drug-likeness (QED) is 0.838. The van der Waals surface area contributed by atoms with Gasteiger partial charge in [-0.2, -0.15) is 0 Å². The summed E-state index contributed by atoms with van der Waals surface area (Å²) in [6, 6.07) is 14.8. The lowest BCUT2D eigenvalue weighted by atomic mass is 9.91. The molecule has 0 aromatic heterocycles. The number of nitrogens with two attached hydrogens (primary N) is 1. The fraction of sp³-hybridized carbons (Fsp3) is 0.333. The molecule has 2 aromatic carbocycles. The lowest BCUT2D eigenvalue weighted by Crippen LogP contribution is -2.16. The molecule has 2 nitrogen and oxygen atoms in total. The molecular formula is C18H22FNO. The summed E-state index contributed by atoms with van der Waals surface area (Å²) < 4.78 is 19.4. The Bertz CT molecular complexity index is 553. The average molecular weight is 287 g/mol. The maximum Gasteiger partial charge on any atom is 0.126 e. The number of ether oxygens (including phenoxy) is 1. The number of benzene rings is 2. The molecule has 2 aromatic rings. The summed E-state index contributed by atoms with van der Waals surface area (Å²) in [5.74, 6) is 0.681. The minimum Gasteiger partial charge on any atom is -0.494 e. The normalized spacial score (nSPS) is 12.1. The van der Waals surface area contributed by atoms with Crippen molar-refractivity contribution < 1.29 is 9.13 Å². The maximum absolute atomic E-state index is 13.9. The predicted octanol–water partition coefficient (Wildman–Crippen LogP) is 3.90. The Hall–Kier alpha value is -1.87. The summed E-state index contributed by atoms with van der Waals surface area (Å²) in [6.45, 7) is 3.23. The highest BCUT2D eigenvalue weighted by molar-refractivity contribution is 5.30. The predicted molar refractivity (Wildman–Crippen MR) is 84.1 cm³/mol. The Morgan fingerprint density at radius 1 is 1.10 bits per heavy atom. The Labute approximate surface area is 125 Å². The molecule has 0 aliphatic heterocycles. The highest BCUT2D eigenvalue weighted by Gasteiger charge is 2.14. The molecule has 0 bridgehead atoms. The van der Waals surface area contributed by atoms with Crippen LogP contribution in [0, 0.1) is 5.82 Å². The van der Waals surface area contributed by atoms with Crippen LogP contribution in [0.2, 0.25) is 0 Å². The van der Waals surface area contributed by atoms with Crippen molar-refractivity contribution in [3.8, 4) is 5.75 Å². The van der Waals surface area contributed by atoms with E-state index in [1.165, 1.54) is 6.07 Å². The summed E-state index contributed by atoms with van der Waals surface area (Å²) >= 11 is 0. The van der Waals surface area contributed by atoms with Crippen LogP contribution >= 0.6 is 0 Å². The van der Waals surface area contributed by atoms with Gasteiger partial charge in [0.1, 0.15) is 11.6 Å². The van der Waals surface area contributed by atoms with Crippen LogP contribution in [0.25, 0.3) is 0 Å². The van der Waals surface area contributed by atoms with Crippen molar-refractivity contribution in [2.75, 3.05) is 13.2 Å². The van der Waals surface area contributed by atoms with E-state index in [0.717, 1.165) is 30.8 Å². The first kappa shape index (κ1) is 15.5. The molecule has 0 fully saturated rings. The van der Waals surface area contributed by atoms with Crippen molar-refractivity contribution in [2.24, 2.45) is 5.73 Å². The average Bonchev–Trinajstić information content (AvgIpc) is 2.52. The fourth-order valence-corrected chi connectivity index (χ4v) is 2.35. The van der Waals surface area contributed by atoms with E-state index in [-0.39, 0.29) is 11.7 Å². The van der Waals surface area contributed by atoms with Crippen LogP contribution in [0.3, 0.4) is 0 Å². The number of hydrogen-bond donors (Lipinski definition) is 1. The van der Waals surface area contributed by atoms with Crippen molar-refractivity contribution in [1.29, 1.82) is 0 Å². The maximum atomic E-state index is 13.9. The number of hydrogen-bond acceptors (Lipinski definition) is 2. The van der Waals surface area contributed by atoms with Gasteiger partial charge in [-0.1, -0.05) is 37.3 Å². The van der Waals surface area contributed by atoms with E-state index in [1.807, 2.05) is 36.4 Å². The standard InChI is InChI=1S/C18H22FNO/c1-2-11-21-16-9-7-14(8-10-16)12-15(13-20)17-5-3-4-6-18(17)19/h3-10,15H,2,11-13,20H2,1H3. The second-order valence-corrected chi connectivity index (χ2v) is 5.15. The smallest absolute Gasteiger partial charge is 0.126 e. The summed E-state index contributed by atoms with van der Waals surface area (Å²) in [5, 5.41) is 0. The first-order valence-electron chi connectivity index (χ1n) is 7.40. The molecule has 2 rings (SSSR count). The van der Waals surface area contributed by atoms with Gasteiger partial charge in [0.2, 0.25) is 0 Å². The van der Waals surface area contributed by atoms with Crippen LogP contribution in [0.4, 0.5) is 4.39 Å². The van der Waals surface area contributed by atoms with E-state index < -0.39 is 0 Å². The third-order valence-electron chi connectivity index (χ3n) is 3.51. The van der Waals surface area contributed by atoms with Gasteiger partial charge in [-0.15, -0.1) is 0 Å². The molecule has 1 unspecified atom stereocenters.